The highest BCUT2D eigenvalue weighted by Gasteiger charge is 2.29. The lowest BCUT2D eigenvalue weighted by molar-refractivity contribution is -0.117. The van der Waals surface area contributed by atoms with Crippen molar-refractivity contribution in [1.29, 1.82) is 0 Å². The van der Waals surface area contributed by atoms with Gasteiger partial charge in [0.25, 0.3) is 5.91 Å². The number of anilines is 2. The second-order valence-corrected chi connectivity index (χ2v) is 5.67. The Balaban J connectivity index is 1.71. The van der Waals surface area contributed by atoms with E-state index in [0.29, 0.717) is 11.4 Å². The van der Waals surface area contributed by atoms with E-state index in [1.807, 2.05) is 0 Å². The smallest absolute Gasteiger partial charge is 0.387 e. The molecular formula is C18H16F2N2O3. The van der Waals surface area contributed by atoms with Gasteiger partial charge in [-0.15, -0.1) is 0 Å². The van der Waals surface area contributed by atoms with Crippen LogP contribution in [0.1, 0.15) is 23.2 Å². The summed E-state index contributed by atoms with van der Waals surface area (Å²) >= 11 is 0. The number of hydrogen-bond acceptors (Lipinski definition) is 3. The number of hydrogen-bond donors (Lipinski definition) is 2. The molecular weight excluding hydrogens is 330 g/mol. The van der Waals surface area contributed by atoms with Gasteiger partial charge in [-0.1, -0.05) is 18.2 Å². The molecule has 2 amide bonds. The monoisotopic (exact) mass is 346 g/mol. The molecule has 2 aromatic carbocycles. The zero-order valence-corrected chi connectivity index (χ0v) is 13.2. The van der Waals surface area contributed by atoms with Crippen LogP contribution in [-0.4, -0.2) is 18.4 Å². The van der Waals surface area contributed by atoms with E-state index in [9.17, 15) is 18.4 Å². The van der Waals surface area contributed by atoms with Gasteiger partial charge in [0.05, 0.1) is 5.56 Å². The Morgan fingerprint density at radius 3 is 2.36 bits per heavy atom. The maximum absolute atomic E-state index is 12.4. The number of ether oxygens (including phenoxy) is 1. The van der Waals surface area contributed by atoms with E-state index < -0.39 is 12.5 Å². The molecule has 130 valence electrons. The van der Waals surface area contributed by atoms with Crippen LogP contribution >= 0.6 is 0 Å². The van der Waals surface area contributed by atoms with E-state index >= 15 is 0 Å². The first-order valence-electron chi connectivity index (χ1n) is 7.79. The summed E-state index contributed by atoms with van der Waals surface area (Å²) in [5.41, 5.74) is 0.993. The van der Waals surface area contributed by atoms with Gasteiger partial charge in [0.1, 0.15) is 5.75 Å². The Morgan fingerprint density at radius 2 is 1.68 bits per heavy atom. The maximum Gasteiger partial charge on any atom is 0.387 e. The summed E-state index contributed by atoms with van der Waals surface area (Å²) in [5, 5.41) is 5.40. The molecule has 0 unspecified atom stereocenters. The summed E-state index contributed by atoms with van der Waals surface area (Å²) in [6.07, 6.45) is 1.78. The summed E-state index contributed by atoms with van der Waals surface area (Å²) in [5.74, 6) is -0.758. The first-order chi connectivity index (χ1) is 12.0. The number of para-hydroxylation sites is 1. The lowest BCUT2D eigenvalue weighted by Gasteiger charge is -2.12. The Bertz CT molecular complexity index is 791. The molecule has 1 aliphatic rings. The van der Waals surface area contributed by atoms with Gasteiger partial charge >= 0.3 is 6.61 Å². The molecule has 0 spiro atoms. The second-order valence-electron chi connectivity index (χ2n) is 5.67. The molecule has 5 nitrogen and oxygen atoms in total. The molecule has 0 bridgehead atoms. The van der Waals surface area contributed by atoms with Crippen molar-refractivity contribution in [2.24, 2.45) is 5.92 Å². The van der Waals surface area contributed by atoms with E-state index in [-0.39, 0.29) is 23.1 Å². The minimum absolute atomic E-state index is 0.00443. The van der Waals surface area contributed by atoms with Gasteiger partial charge in [0, 0.05) is 17.3 Å². The van der Waals surface area contributed by atoms with Crippen molar-refractivity contribution in [2.75, 3.05) is 10.6 Å². The lowest BCUT2D eigenvalue weighted by atomic mass is 10.1. The Kier molecular flexibility index (Phi) is 4.92. The molecule has 1 saturated carbocycles. The van der Waals surface area contributed by atoms with Crippen LogP contribution < -0.4 is 15.4 Å². The van der Waals surface area contributed by atoms with Gasteiger partial charge in [-0.05, 0) is 43.2 Å². The zero-order chi connectivity index (χ0) is 17.8. The van der Waals surface area contributed by atoms with Crippen LogP contribution in [0.15, 0.2) is 48.5 Å². The molecule has 0 aromatic heterocycles. The van der Waals surface area contributed by atoms with Gasteiger partial charge in [-0.25, -0.2) is 0 Å². The quantitative estimate of drug-likeness (QED) is 0.834. The second kappa shape index (κ2) is 7.29. The van der Waals surface area contributed by atoms with Crippen molar-refractivity contribution in [3.05, 3.63) is 54.1 Å². The molecule has 1 aliphatic carbocycles. The van der Waals surface area contributed by atoms with Gasteiger partial charge < -0.3 is 15.4 Å². The maximum atomic E-state index is 12.4. The minimum Gasteiger partial charge on any atom is -0.434 e. The fourth-order valence-electron chi connectivity index (χ4n) is 2.32. The van der Waals surface area contributed by atoms with Crippen LogP contribution in [0.25, 0.3) is 0 Å². The lowest BCUT2D eigenvalue weighted by Crippen LogP contribution is -2.16. The number of carbonyl (C=O) groups is 2. The third-order valence-corrected chi connectivity index (χ3v) is 3.68. The SMILES string of the molecule is O=C(Nc1cccc(NC(=O)C2CC2)c1)c1ccccc1OC(F)F. The molecule has 0 aliphatic heterocycles. The number of alkyl halides is 2. The average Bonchev–Trinajstić information content (AvgIpc) is 3.40. The summed E-state index contributed by atoms with van der Waals surface area (Å²) in [7, 11) is 0. The summed E-state index contributed by atoms with van der Waals surface area (Å²) in [6, 6.07) is 12.4. The van der Waals surface area contributed by atoms with Gasteiger partial charge in [-0.2, -0.15) is 8.78 Å². The third kappa shape index (κ3) is 4.53. The van der Waals surface area contributed by atoms with E-state index in [1.54, 1.807) is 30.3 Å². The number of carbonyl (C=O) groups excluding carboxylic acids is 2. The summed E-state index contributed by atoms with van der Waals surface area (Å²) < 4.78 is 29.2. The number of rotatable bonds is 6. The number of amides is 2. The molecule has 0 heterocycles. The zero-order valence-electron chi connectivity index (χ0n) is 13.2. The van der Waals surface area contributed by atoms with Crippen molar-refractivity contribution in [2.45, 2.75) is 19.5 Å². The van der Waals surface area contributed by atoms with Crippen LogP contribution in [0.3, 0.4) is 0 Å². The van der Waals surface area contributed by atoms with Gasteiger partial charge in [-0.3, -0.25) is 9.59 Å². The van der Waals surface area contributed by atoms with Gasteiger partial charge in [0.15, 0.2) is 0 Å². The van der Waals surface area contributed by atoms with Crippen LogP contribution in [0.4, 0.5) is 20.2 Å². The van der Waals surface area contributed by atoms with Crippen molar-refractivity contribution in [1.82, 2.24) is 0 Å². The van der Waals surface area contributed by atoms with Crippen molar-refractivity contribution in [3.63, 3.8) is 0 Å². The standard InChI is InChI=1S/C18H16F2N2O3/c19-18(20)25-15-7-2-1-6-14(15)17(24)22-13-5-3-4-12(10-13)21-16(23)11-8-9-11/h1-7,10-11,18H,8-9H2,(H,21,23)(H,22,24). The largest absolute Gasteiger partial charge is 0.434 e. The van der Waals surface area contributed by atoms with Crippen LogP contribution in [0.5, 0.6) is 5.75 Å². The molecule has 0 atom stereocenters. The molecule has 2 N–H and O–H groups in total. The van der Waals surface area contributed by atoms with Crippen LogP contribution in [0, 0.1) is 5.92 Å². The van der Waals surface area contributed by atoms with Crippen molar-refractivity contribution < 1.29 is 23.1 Å². The van der Waals surface area contributed by atoms with Crippen molar-refractivity contribution >= 4 is 23.2 Å². The molecule has 1 fully saturated rings. The molecule has 25 heavy (non-hydrogen) atoms. The molecule has 7 heteroatoms. The highest BCUT2D eigenvalue weighted by Crippen LogP contribution is 2.30. The number of halogens is 2. The Hall–Kier alpha value is -2.96. The predicted octanol–water partition coefficient (Wildman–Crippen LogP) is 3.89. The average molecular weight is 346 g/mol. The fourth-order valence-corrected chi connectivity index (χ4v) is 2.32. The highest BCUT2D eigenvalue weighted by molar-refractivity contribution is 6.06. The first kappa shape index (κ1) is 16.9. The third-order valence-electron chi connectivity index (χ3n) is 3.68. The van der Waals surface area contributed by atoms with E-state index in [1.165, 1.54) is 18.2 Å². The first-order valence-corrected chi connectivity index (χ1v) is 7.79. The van der Waals surface area contributed by atoms with Crippen LogP contribution in [0.2, 0.25) is 0 Å². The van der Waals surface area contributed by atoms with E-state index in [2.05, 4.69) is 15.4 Å². The molecule has 0 radical (unpaired) electrons. The van der Waals surface area contributed by atoms with Gasteiger partial charge in [0.2, 0.25) is 5.91 Å². The Morgan fingerprint density at radius 1 is 1.00 bits per heavy atom. The number of nitrogens with one attached hydrogen (secondary N) is 2. The fraction of sp³-hybridized carbons (Fsp3) is 0.222. The van der Waals surface area contributed by atoms with E-state index in [4.69, 9.17) is 0 Å². The van der Waals surface area contributed by atoms with E-state index in [0.717, 1.165) is 12.8 Å². The van der Waals surface area contributed by atoms with Crippen LogP contribution in [-0.2, 0) is 4.79 Å². The normalized spacial score (nSPS) is 13.4. The Labute approximate surface area is 143 Å². The summed E-state index contributed by atoms with van der Waals surface area (Å²) in [4.78, 5) is 24.1. The predicted molar refractivity (Wildman–Crippen MR) is 88.8 cm³/mol. The molecule has 2 aromatic rings. The molecule has 3 rings (SSSR count). The minimum atomic E-state index is -3.02. The topological polar surface area (TPSA) is 67.4 Å². The number of benzene rings is 2. The highest BCUT2D eigenvalue weighted by atomic mass is 19.3. The molecule has 0 saturated heterocycles. The van der Waals surface area contributed by atoms with Crippen molar-refractivity contribution in [3.8, 4) is 5.75 Å². The summed E-state index contributed by atoms with van der Waals surface area (Å²) in [6.45, 7) is -3.02.